The average Bonchev–Trinajstić information content (AvgIpc) is 3.00. The van der Waals surface area contributed by atoms with E-state index in [1.165, 1.54) is 0 Å². The van der Waals surface area contributed by atoms with Crippen LogP contribution >= 0.6 is 0 Å². The molecule has 3 rings (SSSR count). The SMILES string of the molecule is C=C(C(N)=O)c1ccc(CNc2ccc3c(c2)OCO3)cc1. The van der Waals surface area contributed by atoms with Gasteiger partial charge in [-0.25, -0.2) is 0 Å². The minimum absolute atomic E-state index is 0.268. The van der Waals surface area contributed by atoms with Crippen LogP contribution in [0.5, 0.6) is 11.5 Å². The molecule has 3 N–H and O–H groups in total. The van der Waals surface area contributed by atoms with Crippen molar-refractivity contribution >= 4 is 17.2 Å². The van der Waals surface area contributed by atoms with Gasteiger partial charge in [-0.15, -0.1) is 0 Å². The highest BCUT2D eigenvalue weighted by atomic mass is 16.7. The summed E-state index contributed by atoms with van der Waals surface area (Å²) in [5.74, 6) is 1.00. The number of rotatable bonds is 5. The van der Waals surface area contributed by atoms with Crippen molar-refractivity contribution in [2.75, 3.05) is 12.1 Å². The van der Waals surface area contributed by atoms with Crippen LogP contribution in [0.2, 0.25) is 0 Å². The van der Waals surface area contributed by atoms with Crippen LogP contribution in [0.4, 0.5) is 5.69 Å². The van der Waals surface area contributed by atoms with Gasteiger partial charge in [-0.2, -0.15) is 0 Å². The Kier molecular flexibility index (Phi) is 3.70. The topological polar surface area (TPSA) is 73.6 Å². The van der Waals surface area contributed by atoms with Gasteiger partial charge in [0.25, 0.3) is 0 Å². The molecule has 0 saturated carbocycles. The number of fused-ring (bicyclic) bond motifs is 1. The van der Waals surface area contributed by atoms with E-state index in [0.29, 0.717) is 12.1 Å². The monoisotopic (exact) mass is 296 g/mol. The van der Waals surface area contributed by atoms with Crippen LogP contribution < -0.4 is 20.5 Å². The highest BCUT2D eigenvalue weighted by Crippen LogP contribution is 2.34. The van der Waals surface area contributed by atoms with Gasteiger partial charge in [-0.1, -0.05) is 30.8 Å². The molecule has 1 aliphatic rings. The zero-order chi connectivity index (χ0) is 15.5. The van der Waals surface area contributed by atoms with Crippen LogP contribution in [0.25, 0.3) is 5.57 Å². The number of carbonyl (C=O) groups excluding carboxylic acids is 1. The summed E-state index contributed by atoms with van der Waals surface area (Å²) in [5, 5.41) is 3.31. The summed E-state index contributed by atoms with van der Waals surface area (Å²) >= 11 is 0. The second kappa shape index (κ2) is 5.81. The number of primary amides is 1. The lowest BCUT2D eigenvalue weighted by Gasteiger charge is -2.08. The number of nitrogens with two attached hydrogens (primary N) is 1. The molecule has 0 saturated heterocycles. The number of ether oxygens (including phenoxy) is 2. The third kappa shape index (κ3) is 2.88. The Hall–Kier alpha value is -2.95. The number of nitrogens with one attached hydrogen (secondary N) is 1. The average molecular weight is 296 g/mol. The van der Waals surface area contributed by atoms with Crippen molar-refractivity contribution < 1.29 is 14.3 Å². The van der Waals surface area contributed by atoms with Crippen molar-refractivity contribution in [1.82, 2.24) is 0 Å². The van der Waals surface area contributed by atoms with Crippen LogP contribution in [-0.2, 0) is 11.3 Å². The number of amides is 1. The molecule has 0 aromatic heterocycles. The summed E-state index contributed by atoms with van der Waals surface area (Å²) in [6.45, 7) is 4.59. The number of hydrogen-bond acceptors (Lipinski definition) is 4. The Balaban J connectivity index is 1.64. The second-order valence-electron chi connectivity index (χ2n) is 4.96. The Morgan fingerprint density at radius 1 is 1.14 bits per heavy atom. The van der Waals surface area contributed by atoms with Gasteiger partial charge in [-0.05, 0) is 23.3 Å². The van der Waals surface area contributed by atoms with E-state index in [1.807, 2.05) is 42.5 Å². The standard InChI is InChI=1S/C17H16N2O3/c1-11(17(18)20)13-4-2-12(3-5-13)9-19-14-6-7-15-16(8-14)22-10-21-15/h2-8,19H,1,9-10H2,(H2,18,20). The maximum Gasteiger partial charge on any atom is 0.248 e. The minimum atomic E-state index is -0.508. The van der Waals surface area contributed by atoms with Crippen LogP contribution in [-0.4, -0.2) is 12.7 Å². The van der Waals surface area contributed by atoms with E-state index in [0.717, 1.165) is 28.3 Å². The fourth-order valence-corrected chi connectivity index (χ4v) is 2.18. The van der Waals surface area contributed by atoms with Crippen molar-refractivity contribution in [3.8, 4) is 11.5 Å². The van der Waals surface area contributed by atoms with E-state index < -0.39 is 5.91 Å². The molecule has 0 unspecified atom stereocenters. The molecule has 22 heavy (non-hydrogen) atoms. The van der Waals surface area contributed by atoms with Gasteiger partial charge in [0, 0.05) is 23.9 Å². The predicted octanol–water partition coefficient (Wildman–Crippen LogP) is 2.53. The largest absolute Gasteiger partial charge is 0.454 e. The Morgan fingerprint density at radius 2 is 1.86 bits per heavy atom. The summed E-state index contributed by atoms with van der Waals surface area (Å²) in [5.41, 5.74) is 8.30. The van der Waals surface area contributed by atoms with Crippen molar-refractivity contribution in [3.63, 3.8) is 0 Å². The summed E-state index contributed by atoms with van der Waals surface area (Å²) in [7, 11) is 0. The molecule has 5 heteroatoms. The number of benzene rings is 2. The smallest absolute Gasteiger partial charge is 0.248 e. The van der Waals surface area contributed by atoms with Gasteiger partial charge in [0.15, 0.2) is 11.5 Å². The first-order chi connectivity index (χ1) is 10.6. The molecule has 5 nitrogen and oxygen atoms in total. The summed E-state index contributed by atoms with van der Waals surface area (Å²) < 4.78 is 10.6. The van der Waals surface area contributed by atoms with E-state index in [4.69, 9.17) is 15.2 Å². The fourth-order valence-electron chi connectivity index (χ4n) is 2.18. The molecular weight excluding hydrogens is 280 g/mol. The molecule has 112 valence electrons. The van der Waals surface area contributed by atoms with E-state index in [-0.39, 0.29) is 6.79 Å². The van der Waals surface area contributed by atoms with Gasteiger partial charge in [-0.3, -0.25) is 4.79 Å². The van der Waals surface area contributed by atoms with E-state index in [1.54, 1.807) is 0 Å². The summed E-state index contributed by atoms with van der Waals surface area (Å²) in [4.78, 5) is 11.1. The van der Waals surface area contributed by atoms with Crippen LogP contribution in [0.3, 0.4) is 0 Å². The zero-order valence-electron chi connectivity index (χ0n) is 12.0. The quantitative estimate of drug-likeness (QED) is 0.832. The summed E-state index contributed by atoms with van der Waals surface area (Å²) in [6.07, 6.45) is 0. The molecule has 0 fully saturated rings. The highest BCUT2D eigenvalue weighted by Gasteiger charge is 2.13. The van der Waals surface area contributed by atoms with Crippen molar-refractivity contribution in [2.45, 2.75) is 6.54 Å². The van der Waals surface area contributed by atoms with Crippen LogP contribution in [0.1, 0.15) is 11.1 Å². The zero-order valence-corrected chi connectivity index (χ0v) is 12.0. The second-order valence-corrected chi connectivity index (χ2v) is 4.96. The molecule has 1 aliphatic heterocycles. The fraction of sp³-hybridized carbons (Fsp3) is 0.118. The predicted molar refractivity (Wildman–Crippen MR) is 84.6 cm³/mol. The Morgan fingerprint density at radius 3 is 2.59 bits per heavy atom. The van der Waals surface area contributed by atoms with Gasteiger partial charge in [0.05, 0.1) is 0 Å². The number of carbonyl (C=O) groups is 1. The first-order valence-corrected chi connectivity index (χ1v) is 6.85. The lowest BCUT2D eigenvalue weighted by molar-refractivity contribution is -0.112. The van der Waals surface area contributed by atoms with Crippen molar-refractivity contribution in [2.24, 2.45) is 5.73 Å². The first-order valence-electron chi connectivity index (χ1n) is 6.85. The molecule has 2 aromatic carbocycles. The molecular formula is C17H16N2O3. The van der Waals surface area contributed by atoms with E-state index >= 15 is 0 Å². The maximum atomic E-state index is 11.1. The first kappa shape index (κ1) is 14.0. The molecule has 0 radical (unpaired) electrons. The summed E-state index contributed by atoms with van der Waals surface area (Å²) in [6, 6.07) is 13.3. The lowest BCUT2D eigenvalue weighted by Crippen LogP contribution is -2.11. The Bertz CT molecular complexity index is 723. The van der Waals surface area contributed by atoms with Gasteiger partial charge >= 0.3 is 0 Å². The number of anilines is 1. The molecule has 0 bridgehead atoms. The van der Waals surface area contributed by atoms with Crippen LogP contribution in [0.15, 0.2) is 49.0 Å². The van der Waals surface area contributed by atoms with E-state index in [2.05, 4.69) is 11.9 Å². The Labute approximate surface area is 128 Å². The third-order valence-corrected chi connectivity index (χ3v) is 3.47. The molecule has 0 aliphatic carbocycles. The lowest BCUT2D eigenvalue weighted by atomic mass is 10.1. The third-order valence-electron chi connectivity index (χ3n) is 3.47. The normalized spacial score (nSPS) is 12.0. The van der Waals surface area contributed by atoms with E-state index in [9.17, 15) is 4.79 Å². The number of hydrogen-bond donors (Lipinski definition) is 2. The van der Waals surface area contributed by atoms with Crippen LogP contribution in [0, 0.1) is 0 Å². The van der Waals surface area contributed by atoms with Gasteiger partial charge in [0.2, 0.25) is 12.7 Å². The van der Waals surface area contributed by atoms with Crippen molar-refractivity contribution in [1.29, 1.82) is 0 Å². The highest BCUT2D eigenvalue weighted by molar-refractivity contribution is 6.17. The molecule has 2 aromatic rings. The molecule has 0 atom stereocenters. The maximum absolute atomic E-state index is 11.1. The van der Waals surface area contributed by atoms with Crippen molar-refractivity contribution in [3.05, 3.63) is 60.2 Å². The van der Waals surface area contributed by atoms with Gasteiger partial charge in [0.1, 0.15) is 0 Å². The molecule has 1 heterocycles. The molecule has 1 amide bonds. The minimum Gasteiger partial charge on any atom is -0.454 e. The molecule has 0 spiro atoms. The van der Waals surface area contributed by atoms with Gasteiger partial charge < -0.3 is 20.5 Å².